The van der Waals surface area contributed by atoms with Gasteiger partial charge in [-0.3, -0.25) is 14.5 Å². The number of hydrogen-bond donors (Lipinski definition) is 0. The Morgan fingerprint density at radius 3 is 2.33 bits per heavy atom. The van der Waals surface area contributed by atoms with E-state index in [0.717, 1.165) is 38.5 Å². The quantitative estimate of drug-likeness (QED) is 0.468. The molecule has 0 radical (unpaired) electrons. The molecule has 0 aliphatic carbocycles. The number of carbonyl (C=O) groups excluding carboxylic acids is 2. The topological polar surface area (TPSA) is 49.9 Å². The summed E-state index contributed by atoms with van der Waals surface area (Å²) in [5.74, 6) is 0.967. The van der Waals surface area contributed by atoms with Crippen molar-refractivity contribution in [1.82, 2.24) is 9.80 Å². The van der Waals surface area contributed by atoms with Crippen molar-refractivity contribution in [2.75, 3.05) is 39.3 Å². The van der Waals surface area contributed by atoms with E-state index < -0.39 is 0 Å². The van der Waals surface area contributed by atoms with E-state index in [1.807, 2.05) is 23.1 Å². The van der Waals surface area contributed by atoms with E-state index >= 15 is 0 Å². The van der Waals surface area contributed by atoms with Crippen molar-refractivity contribution in [2.24, 2.45) is 0 Å². The Kier molecular flexibility index (Phi) is 8.21. The first-order valence-electron chi connectivity index (χ1n) is 10.6. The molecular formula is C25H30N2O3. The van der Waals surface area contributed by atoms with Gasteiger partial charge in [-0.05, 0) is 43.2 Å². The Morgan fingerprint density at radius 1 is 0.967 bits per heavy atom. The smallest absolute Gasteiger partial charge is 0.222 e. The molecule has 0 bridgehead atoms. The number of carbonyl (C=O) groups is 2. The molecular weight excluding hydrogens is 376 g/mol. The first-order valence-corrected chi connectivity index (χ1v) is 10.6. The van der Waals surface area contributed by atoms with Crippen LogP contribution in [0.25, 0.3) is 6.08 Å². The normalized spacial score (nSPS) is 14.8. The average molecular weight is 407 g/mol. The number of hydrogen-bond acceptors (Lipinski definition) is 4. The number of rotatable bonds is 9. The summed E-state index contributed by atoms with van der Waals surface area (Å²) in [5, 5.41) is 0. The summed E-state index contributed by atoms with van der Waals surface area (Å²) < 4.78 is 5.68. The van der Waals surface area contributed by atoms with Crippen molar-refractivity contribution in [3.63, 3.8) is 0 Å². The number of benzene rings is 2. The van der Waals surface area contributed by atoms with Crippen molar-refractivity contribution in [3.8, 4) is 5.75 Å². The van der Waals surface area contributed by atoms with Crippen LogP contribution in [0, 0.1) is 0 Å². The van der Waals surface area contributed by atoms with Gasteiger partial charge >= 0.3 is 0 Å². The number of ether oxygens (including phenoxy) is 1. The summed E-state index contributed by atoms with van der Waals surface area (Å²) in [5.41, 5.74) is 1.88. The van der Waals surface area contributed by atoms with E-state index in [1.165, 1.54) is 5.56 Å². The first kappa shape index (κ1) is 21.8. The number of Topliss-reactive ketones (excluding diaryl/α,β-unsaturated/α-hetero) is 1. The minimum atomic E-state index is 0.0412. The van der Waals surface area contributed by atoms with E-state index in [2.05, 4.69) is 29.2 Å². The van der Waals surface area contributed by atoms with Crippen LogP contribution in [-0.4, -0.2) is 60.8 Å². The monoisotopic (exact) mass is 406 g/mol. The number of amides is 1. The minimum absolute atomic E-state index is 0.0412. The molecule has 1 amide bonds. The fourth-order valence-electron chi connectivity index (χ4n) is 3.44. The van der Waals surface area contributed by atoms with Gasteiger partial charge < -0.3 is 9.64 Å². The molecule has 5 heteroatoms. The molecule has 1 saturated heterocycles. The highest BCUT2D eigenvalue weighted by molar-refractivity contribution is 5.94. The van der Waals surface area contributed by atoms with Gasteiger partial charge in [0.25, 0.3) is 0 Å². The molecule has 1 heterocycles. The highest BCUT2D eigenvalue weighted by Gasteiger charge is 2.19. The summed E-state index contributed by atoms with van der Waals surface area (Å²) in [6.07, 6.45) is 5.52. The predicted molar refractivity (Wildman–Crippen MR) is 120 cm³/mol. The summed E-state index contributed by atoms with van der Waals surface area (Å²) in [6.45, 7) is 6.33. The van der Waals surface area contributed by atoms with Crippen LogP contribution in [0.3, 0.4) is 0 Å². The average Bonchev–Trinajstić information content (AvgIpc) is 2.78. The molecule has 1 aliphatic rings. The number of ketones is 1. The molecule has 158 valence electrons. The summed E-state index contributed by atoms with van der Waals surface area (Å²) >= 11 is 0. The van der Waals surface area contributed by atoms with Gasteiger partial charge in [-0.25, -0.2) is 0 Å². The molecule has 0 aromatic heterocycles. The van der Waals surface area contributed by atoms with E-state index in [1.54, 1.807) is 31.2 Å². The summed E-state index contributed by atoms with van der Waals surface area (Å²) in [7, 11) is 0. The first-order chi connectivity index (χ1) is 14.6. The third-order valence-corrected chi connectivity index (χ3v) is 5.26. The van der Waals surface area contributed by atoms with E-state index in [-0.39, 0.29) is 11.7 Å². The van der Waals surface area contributed by atoms with Crippen molar-refractivity contribution >= 4 is 17.8 Å². The van der Waals surface area contributed by atoms with E-state index in [4.69, 9.17) is 4.74 Å². The Balaban J connectivity index is 1.30. The van der Waals surface area contributed by atoms with Gasteiger partial charge in [-0.1, -0.05) is 42.5 Å². The number of piperazine rings is 1. The molecule has 5 nitrogen and oxygen atoms in total. The largest absolute Gasteiger partial charge is 0.494 e. The van der Waals surface area contributed by atoms with Gasteiger partial charge in [0.1, 0.15) is 5.75 Å². The van der Waals surface area contributed by atoms with Crippen molar-refractivity contribution in [3.05, 3.63) is 71.8 Å². The van der Waals surface area contributed by atoms with Crippen LogP contribution in [-0.2, 0) is 4.79 Å². The van der Waals surface area contributed by atoms with Crippen LogP contribution in [0.2, 0.25) is 0 Å². The van der Waals surface area contributed by atoms with Crippen LogP contribution < -0.4 is 4.74 Å². The zero-order chi connectivity index (χ0) is 21.2. The molecule has 30 heavy (non-hydrogen) atoms. The molecule has 3 rings (SSSR count). The minimum Gasteiger partial charge on any atom is -0.494 e. The maximum Gasteiger partial charge on any atom is 0.222 e. The lowest BCUT2D eigenvalue weighted by molar-refractivity contribution is -0.133. The van der Waals surface area contributed by atoms with E-state index in [9.17, 15) is 9.59 Å². The molecule has 2 aromatic rings. The molecule has 1 aliphatic heterocycles. The van der Waals surface area contributed by atoms with Crippen LogP contribution in [0.4, 0.5) is 0 Å². The van der Waals surface area contributed by atoms with Crippen LogP contribution >= 0.6 is 0 Å². The second-order valence-corrected chi connectivity index (χ2v) is 7.53. The highest BCUT2D eigenvalue weighted by Crippen LogP contribution is 2.13. The lowest BCUT2D eigenvalue weighted by atomic mass is 10.1. The Morgan fingerprint density at radius 2 is 1.67 bits per heavy atom. The molecule has 0 saturated carbocycles. The van der Waals surface area contributed by atoms with Crippen LogP contribution in [0.5, 0.6) is 5.75 Å². The zero-order valence-electron chi connectivity index (χ0n) is 17.6. The molecule has 1 fully saturated rings. The Labute approximate surface area is 178 Å². The summed E-state index contributed by atoms with van der Waals surface area (Å²) in [6, 6.07) is 17.4. The molecule has 2 aromatic carbocycles. The molecule has 0 unspecified atom stereocenters. The fourth-order valence-corrected chi connectivity index (χ4v) is 3.44. The highest BCUT2D eigenvalue weighted by atomic mass is 16.5. The maximum atomic E-state index is 12.4. The fraction of sp³-hybridized carbons (Fsp3) is 0.360. The van der Waals surface area contributed by atoms with Crippen molar-refractivity contribution in [2.45, 2.75) is 19.8 Å². The van der Waals surface area contributed by atoms with Gasteiger partial charge in [0, 0.05) is 44.7 Å². The van der Waals surface area contributed by atoms with Gasteiger partial charge in [0.15, 0.2) is 5.78 Å². The van der Waals surface area contributed by atoms with Gasteiger partial charge in [-0.15, -0.1) is 0 Å². The lowest BCUT2D eigenvalue weighted by Crippen LogP contribution is -2.48. The van der Waals surface area contributed by atoms with Gasteiger partial charge in [0.05, 0.1) is 6.61 Å². The van der Waals surface area contributed by atoms with Crippen molar-refractivity contribution in [1.29, 1.82) is 0 Å². The molecule has 0 N–H and O–H groups in total. The van der Waals surface area contributed by atoms with Gasteiger partial charge in [0.2, 0.25) is 5.91 Å². The maximum absolute atomic E-state index is 12.4. The zero-order valence-corrected chi connectivity index (χ0v) is 17.6. The number of nitrogens with zero attached hydrogens (tertiary/aromatic N) is 2. The Hall–Kier alpha value is -2.92. The third-order valence-electron chi connectivity index (χ3n) is 5.26. The standard InChI is InChI=1S/C25H30N2O3/c1-21(28)23-11-13-24(14-12-23)30-20-6-10-25(29)27-18-16-26(17-19-27)15-5-9-22-7-3-2-4-8-22/h2-5,7-9,11-14H,6,10,15-20H2,1H3/b9-5+. The lowest BCUT2D eigenvalue weighted by Gasteiger charge is -2.34. The second-order valence-electron chi connectivity index (χ2n) is 7.53. The predicted octanol–water partition coefficient (Wildman–Crippen LogP) is 3.91. The third kappa shape index (κ3) is 6.85. The SMILES string of the molecule is CC(=O)c1ccc(OCCCC(=O)N2CCN(C/C=C/c3ccccc3)CC2)cc1. The van der Waals surface area contributed by atoms with Crippen LogP contribution in [0.1, 0.15) is 35.7 Å². The van der Waals surface area contributed by atoms with Gasteiger partial charge in [-0.2, -0.15) is 0 Å². The molecule has 0 spiro atoms. The van der Waals surface area contributed by atoms with Crippen LogP contribution in [0.15, 0.2) is 60.7 Å². The second kappa shape index (κ2) is 11.3. The Bertz CT molecular complexity index is 838. The summed E-state index contributed by atoms with van der Waals surface area (Å²) in [4.78, 5) is 28.0. The van der Waals surface area contributed by atoms with E-state index in [0.29, 0.717) is 25.0 Å². The molecule has 0 atom stereocenters. The van der Waals surface area contributed by atoms with Crippen molar-refractivity contribution < 1.29 is 14.3 Å².